The first-order valence-electron chi connectivity index (χ1n) is 22.2. The van der Waals surface area contributed by atoms with E-state index < -0.39 is 24.1 Å². The van der Waals surface area contributed by atoms with Gasteiger partial charge in [0.2, 0.25) is 5.78 Å². The fraction of sp³-hybridized carbons (Fsp3) is 0.250. The van der Waals surface area contributed by atoms with Gasteiger partial charge < -0.3 is 24.5 Å². The molecule has 0 fully saturated rings. The van der Waals surface area contributed by atoms with E-state index in [0.29, 0.717) is 76.8 Å². The second-order valence-electron chi connectivity index (χ2n) is 14.8. The normalized spacial score (nSPS) is 11.9. The van der Waals surface area contributed by atoms with Crippen molar-refractivity contribution in [2.75, 3.05) is 57.9 Å². The Bertz CT molecular complexity index is 2750. The molecule has 0 radical (unpaired) electrons. The third-order valence-electron chi connectivity index (χ3n) is 9.83. The molecular weight excluding hydrogens is 1200 g/mol. The Morgan fingerprint density at radius 2 is 1.04 bits per heavy atom. The lowest BCUT2D eigenvalue weighted by Gasteiger charge is -2.27. The molecule has 75 heavy (non-hydrogen) atoms. The number of alkyl halides is 1. The number of rotatable bonds is 19. The number of amides is 3. The van der Waals surface area contributed by atoms with Crippen LogP contribution in [0.1, 0.15) is 57.4 Å². The second-order valence-corrected chi connectivity index (χ2v) is 18.6. The molecule has 1 heterocycles. The number of halogens is 9. The fourth-order valence-corrected chi connectivity index (χ4v) is 7.54. The van der Waals surface area contributed by atoms with Gasteiger partial charge in [-0.05, 0) is 87.5 Å². The number of hydrogen-bond donors (Lipinski definition) is 1. The zero-order valence-corrected chi connectivity index (χ0v) is 48.4. The van der Waals surface area contributed by atoms with Gasteiger partial charge in [-0.3, -0.25) is 24.2 Å². The first-order chi connectivity index (χ1) is 35.6. The molecule has 1 N–H and O–H groups in total. The third-order valence-corrected chi connectivity index (χ3v) is 13.3. The highest BCUT2D eigenvalue weighted by Crippen LogP contribution is 2.27. The van der Waals surface area contributed by atoms with Crippen molar-refractivity contribution < 1.29 is 43.0 Å². The first kappa shape index (κ1) is 66.0. The molecule has 23 heteroatoms. The van der Waals surface area contributed by atoms with Crippen LogP contribution in [0.4, 0.5) is 14.4 Å². The summed E-state index contributed by atoms with van der Waals surface area (Å²) in [6.45, 7) is 21.4. The minimum Gasteiger partial charge on any atom is -0.445 e. The molecule has 14 nitrogen and oxygen atoms in total. The van der Waals surface area contributed by atoms with E-state index in [2.05, 4.69) is 52.8 Å². The highest BCUT2D eigenvalue weighted by Gasteiger charge is 2.32. The predicted molar refractivity (Wildman–Crippen MR) is 307 cm³/mol. The Hall–Kier alpha value is -5.07. The van der Waals surface area contributed by atoms with Crippen LogP contribution in [0.3, 0.4) is 0 Å². The summed E-state index contributed by atoms with van der Waals surface area (Å²) in [5.41, 5.74) is 5.74. The number of nitrogens with zero attached hydrogens (tertiary/aromatic N) is 4. The Balaban J connectivity index is 0.000000349. The molecule has 5 rings (SSSR count). The summed E-state index contributed by atoms with van der Waals surface area (Å²) in [6, 6.07) is 18.9. The van der Waals surface area contributed by atoms with Crippen molar-refractivity contribution in [2.45, 2.75) is 26.8 Å². The molecule has 0 aliphatic carbocycles. The van der Waals surface area contributed by atoms with Crippen LogP contribution in [0.5, 0.6) is 0 Å². The van der Waals surface area contributed by atoms with Gasteiger partial charge in [-0.1, -0.05) is 159 Å². The number of hydrogen-bond acceptors (Lipinski definition) is 11. The zero-order valence-electron chi connectivity index (χ0n) is 40.8. The van der Waals surface area contributed by atoms with Crippen molar-refractivity contribution in [2.24, 2.45) is 5.10 Å². The molecule has 0 spiro atoms. The maximum Gasteiger partial charge on any atom is 0.414 e. The van der Waals surface area contributed by atoms with Crippen molar-refractivity contribution in [1.29, 1.82) is 0 Å². The first-order valence-corrected chi connectivity index (χ1v) is 26.4. The molecule has 3 amide bonds. The average Bonchev–Trinajstić information content (AvgIpc) is 3.89. The van der Waals surface area contributed by atoms with E-state index >= 15 is 0 Å². The summed E-state index contributed by atoms with van der Waals surface area (Å²) in [5.74, 6) is -0.666. The van der Waals surface area contributed by atoms with Crippen LogP contribution in [0.15, 0.2) is 128 Å². The minimum atomic E-state index is -0.657. The van der Waals surface area contributed by atoms with Gasteiger partial charge in [0, 0.05) is 41.9 Å². The molecule has 0 saturated carbocycles. The molecule has 4 aromatic rings. The maximum absolute atomic E-state index is 12.3. The van der Waals surface area contributed by atoms with Gasteiger partial charge >= 0.3 is 18.3 Å². The lowest BCUT2D eigenvalue weighted by atomic mass is 10.0. The smallest absolute Gasteiger partial charge is 0.414 e. The number of ether oxygens (including phenoxy) is 3. The van der Waals surface area contributed by atoms with Crippen molar-refractivity contribution in [1.82, 2.24) is 20.1 Å². The lowest BCUT2D eigenvalue weighted by Crippen LogP contribution is -2.46. The van der Waals surface area contributed by atoms with E-state index in [-0.39, 0.29) is 61.2 Å². The molecule has 0 bridgehead atoms. The maximum atomic E-state index is 12.3. The Kier molecular flexibility index (Phi) is 30.4. The molecule has 402 valence electrons. The van der Waals surface area contributed by atoms with Gasteiger partial charge in [-0.2, -0.15) is 5.10 Å². The summed E-state index contributed by atoms with van der Waals surface area (Å²) in [7, 11) is 0. The average molecular weight is 1250 g/mol. The quantitative estimate of drug-likeness (QED) is 0.0314. The van der Waals surface area contributed by atoms with Crippen molar-refractivity contribution in [3.05, 3.63) is 185 Å². The monoisotopic (exact) mass is 1250 g/mol. The minimum absolute atomic E-state index is 0.00458. The van der Waals surface area contributed by atoms with E-state index in [1.54, 1.807) is 61.2 Å². The summed E-state index contributed by atoms with van der Waals surface area (Å²) < 4.78 is 14.9. The molecule has 1 unspecified atom stereocenters. The lowest BCUT2D eigenvalue weighted by molar-refractivity contribution is 0.0864. The molecule has 1 atom stereocenters. The third kappa shape index (κ3) is 21.1. The van der Waals surface area contributed by atoms with Gasteiger partial charge in [0.25, 0.3) is 0 Å². The second kappa shape index (κ2) is 34.6. The van der Waals surface area contributed by atoms with Crippen LogP contribution in [0, 0.1) is 0 Å². The van der Waals surface area contributed by atoms with Gasteiger partial charge in [0.15, 0.2) is 11.6 Å². The number of carbonyl (C=O) groups excluding carboxylic acids is 6. The number of carbonyl (C=O) groups is 6. The van der Waals surface area contributed by atoms with Crippen molar-refractivity contribution in [3.63, 3.8) is 0 Å². The number of benzene rings is 4. The van der Waals surface area contributed by atoms with Gasteiger partial charge in [-0.25, -0.2) is 14.4 Å². The molecule has 0 saturated heterocycles. The van der Waals surface area contributed by atoms with Crippen molar-refractivity contribution >= 4 is 150 Å². The summed E-state index contributed by atoms with van der Waals surface area (Å²) in [6.07, 6.45) is 2.83. The number of allylic oxidation sites excluding steroid dienone is 1. The standard InChI is InChI=1S/C15H17Cl2N3O2.C15H15Cl2NO3.C14H15Cl2NO3.C8H5BrCl2O/c1-3-7-22-15(21)20(4-2)13-9-18-19-14(13)10-5-6-11(16)12(17)8-10;1-4-8-21-15(20)18(5-2)10(3)14(19)11-6-7-12(16)13(17)9-11;1-3-7-20-14(19)17(4-2)9-13(18)10-5-6-11(15)12(16)8-10;9-4-8(12)5-1-2-6(10)7(11)3-5/h3,5-6,8,13,18H,1,4,7,9H2,2H3;4,6-7,9H,1,3,5,8H2,2H3;3,5-6,8H,1,4,7,9H2,2H3;1-3H,4H2. The largest absolute Gasteiger partial charge is 0.445 e. The topological polar surface area (TPSA) is 164 Å². The van der Waals surface area contributed by atoms with E-state index in [1.807, 2.05) is 13.0 Å². The van der Waals surface area contributed by atoms with Crippen LogP contribution in [0.2, 0.25) is 40.2 Å². The van der Waals surface area contributed by atoms with E-state index in [0.717, 1.165) is 16.2 Å². The summed E-state index contributed by atoms with van der Waals surface area (Å²) in [4.78, 5) is 75.2. The Morgan fingerprint density at radius 3 is 1.48 bits per heavy atom. The van der Waals surface area contributed by atoms with Gasteiger partial charge in [0.1, 0.15) is 19.8 Å². The number of Topliss-reactive ketones (excluding diaryl/α,β-unsaturated/α-hetero) is 3. The summed E-state index contributed by atoms with van der Waals surface area (Å²) >= 11 is 49.8. The molecule has 0 aromatic heterocycles. The van der Waals surface area contributed by atoms with Crippen LogP contribution in [-0.4, -0.2) is 120 Å². The summed E-state index contributed by atoms with van der Waals surface area (Å²) in [5, 5.41) is 7.65. The van der Waals surface area contributed by atoms with Gasteiger partial charge in [-0.15, -0.1) is 0 Å². The molecule has 1 aliphatic heterocycles. The van der Waals surface area contributed by atoms with Crippen molar-refractivity contribution in [3.8, 4) is 0 Å². The van der Waals surface area contributed by atoms with E-state index in [4.69, 9.17) is 107 Å². The van der Waals surface area contributed by atoms with Crippen LogP contribution < -0.4 is 5.43 Å². The highest BCUT2D eigenvalue weighted by molar-refractivity contribution is 9.09. The molecular formula is C52H52BrCl8N5O9. The number of ketones is 3. The number of nitrogens with one attached hydrogen (secondary N) is 1. The SMILES string of the molecule is C=CCOC(=O)N(CC)C(=C)C(=O)c1ccc(Cl)c(Cl)c1.C=CCOC(=O)N(CC)C1CNN=C1c1ccc(Cl)c(Cl)c1.C=CCOC(=O)N(CC)CC(=O)c1ccc(Cl)c(Cl)c1.O=C(CBr)c1ccc(Cl)c(Cl)c1. The van der Waals surface area contributed by atoms with E-state index in [9.17, 15) is 28.8 Å². The van der Waals surface area contributed by atoms with Crippen LogP contribution in [-0.2, 0) is 14.2 Å². The van der Waals surface area contributed by atoms with E-state index in [1.165, 1.54) is 47.4 Å². The fourth-order valence-electron chi connectivity index (χ4n) is 6.02. The Labute approximate surface area is 484 Å². The molecule has 1 aliphatic rings. The Morgan fingerprint density at radius 1 is 0.600 bits per heavy atom. The number of hydrazone groups is 1. The van der Waals surface area contributed by atoms with Crippen LogP contribution in [0.25, 0.3) is 0 Å². The predicted octanol–water partition coefficient (Wildman–Crippen LogP) is 15.0. The van der Waals surface area contributed by atoms with Gasteiger partial charge in [0.05, 0.1) is 76.1 Å². The highest BCUT2D eigenvalue weighted by atomic mass is 79.9. The molecule has 4 aromatic carbocycles. The number of likely N-dealkylation sites (N-methyl/N-ethyl adjacent to an activating group) is 3. The van der Waals surface area contributed by atoms with Crippen LogP contribution >= 0.6 is 109 Å². The zero-order chi connectivity index (χ0) is 56.4.